The van der Waals surface area contributed by atoms with Crippen LogP contribution in [0.15, 0.2) is 18.2 Å². The molecule has 3 fully saturated rings. The number of carboxylic acid groups (broad SMARTS) is 1. The third kappa shape index (κ3) is 3.32. The molecule has 124 valence electrons. The van der Waals surface area contributed by atoms with Gasteiger partial charge in [0.15, 0.2) is 0 Å². The predicted octanol–water partition coefficient (Wildman–Crippen LogP) is 2.73. The molecule has 1 atom stereocenters. The van der Waals surface area contributed by atoms with E-state index in [0.29, 0.717) is 18.1 Å². The first-order valence-electron chi connectivity index (χ1n) is 8.02. The van der Waals surface area contributed by atoms with Crippen molar-refractivity contribution in [3.8, 4) is 5.75 Å². The average Bonchev–Trinajstić information content (AvgIpc) is 2.55. The highest BCUT2D eigenvalue weighted by molar-refractivity contribution is 5.91. The van der Waals surface area contributed by atoms with Crippen LogP contribution in [-0.4, -0.2) is 48.4 Å². The van der Waals surface area contributed by atoms with E-state index in [9.17, 15) is 9.59 Å². The highest BCUT2D eigenvalue weighted by Crippen LogP contribution is 2.41. The Hall–Kier alpha value is -2.08. The molecule has 4 rings (SSSR count). The molecule has 0 spiro atoms. The minimum Gasteiger partial charge on any atom is -0.462 e. The van der Waals surface area contributed by atoms with E-state index >= 15 is 0 Å². The van der Waals surface area contributed by atoms with Gasteiger partial charge in [-0.3, -0.25) is 0 Å². The minimum atomic E-state index is -1.35. The van der Waals surface area contributed by atoms with Crippen LogP contribution in [0.1, 0.15) is 41.6 Å². The zero-order valence-corrected chi connectivity index (χ0v) is 13.2. The summed E-state index contributed by atoms with van der Waals surface area (Å²) < 4.78 is 9.92. The molecule has 0 unspecified atom stereocenters. The summed E-state index contributed by atoms with van der Waals surface area (Å²) in [5, 5.41) is 8.81. The van der Waals surface area contributed by atoms with Gasteiger partial charge in [-0.2, -0.15) is 0 Å². The van der Waals surface area contributed by atoms with Crippen molar-refractivity contribution in [2.75, 3.05) is 26.2 Å². The lowest BCUT2D eigenvalue weighted by molar-refractivity contribution is 0.0516. The molecule has 1 aromatic carbocycles. The molecule has 23 heavy (non-hydrogen) atoms. The lowest BCUT2D eigenvalue weighted by Crippen LogP contribution is -2.46. The summed E-state index contributed by atoms with van der Waals surface area (Å²) in [6, 6.07) is 4.81. The molecule has 6 nitrogen and oxygen atoms in total. The topological polar surface area (TPSA) is 76.1 Å². The summed E-state index contributed by atoms with van der Waals surface area (Å²) in [4.78, 5) is 25.4. The number of rotatable bonds is 4. The smallest absolute Gasteiger partial charge is 0.462 e. The van der Waals surface area contributed by atoms with Gasteiger partial charge in [-0.05, 0) is 62.5 Å². The van der Waals surface area contributed by atoms with E-state index in [0.717, 1.165) is 38.0 Å². The molecule has 2 bridgehead atoms. The fourth-order valence-corrected chi connectivity index (χ4v) is 3.72. The van der Waals surface area contributed by atoms with Gasteiger partial charge < -0.3 is 19.5 Å². The number of carbonyl (C=O) groups excluding carboxylic acids is 1. The molecule has 3 aliphatic rings. The highest BCUT2D eigenvalue weighted by atomic mass is 16.7. The number of esters is 1. The SMILES string of the molecule is CCOC(=O)c1ccc(OC(=O)O)cc1[C@@H]1CN2CCC1CC2. The molecular formula is C17H21NO5. The molecule has 0 amide bonds. The number of fused-ring (bicyclic) bond motifs is 3. The van der Waals surface area contributed by atoms with Crippen molar-refractivity contribution >= 4 is 12.1 Å². The van der Waals surface area contributed by atoms with E-state index < -0.39 is 6.16 Å². The standard InChI is InChI=1S/C17H21NO5/c1-2-22-16(19)13-4-3-12(23-17(20)21)9-14(13)15-10-18-7-5-11(15)6-8-18/h3-4,9,11,15H,2,5-8,10H2,1H3,(H,20,21)/t15-/m1/s1. The Morgan fingerprint density at radius 1 is 1.30 bits per heavy atom. The molecule has 3 saturated heterocycles. The molecule has 0 aliphatic carbocycles. The lowest BCUT2D eigenvalue weighted by atomic mass is 9.74. The lowest BCUT2D eigenvalue weighted by Gasteiger charge is -2.45. The van der Waals surface area contributed by atoms with Gasteiger partial charge in [0.2, 0.25) is 0 Å². The fourth-order valence-electron chi connectivity index (χ4n) is 3.72. The Morgan fingerprint density at radius 3 is 2.61 bits per heavy atom. The van der Waals surface area contributed by atoms with Crippen molar-refractivity contribution in [3.63, 3.8) is 0 Å². The van der Waals surface area contributed by atoms with Crippen LogP contribution in [0.25, 0.3) is 0 Å². The van der Waals surface area contributed by atoms with E-state index in [2.05, 4.69) is 4.90 Å². The van der Waals surface area contributed by atoms with Gasteiger partial charge in [-0.15, -0.1) is 0 Å². The zero-order valence-electron chi connectivity index (χ0n) is 13.2. The summed E-state index contributed by atoms with van der Waals surface area (Å²) in [5.74, 6) is 0.625. The van der Waals surface area contributed by atoms with Crippen LogP contribution in [0.2, 0.25) is 0 Å². The summed E-state index contributed by atoms with van der Waals surface area (Å²) in [6.45, 7) is 5.18. The summed E-state index contributed by atoms with van der Waals surface area (Å²) in [6.07, 6.45) is 0.863. The molecule has 6 heteroatoms. The van der Waals surface area contributed by atoms with E-state index in [4.69, 9.17) is 14.6 Å². The Labute approximate surface area is 135 Å². The van der Waals surface area contributed by atoms with Crippen LogP contribution in [-0.2, 0) is 4.74 Å². The molecule has 1 aromatic rings. The summed E-state index contributed by atoms with van der Waals surface area (Å²) >= 11 is 0. The number of ether oxygens (including phenoxy) is 2. The summed E-state index contributed by atoms with van der Waals surface area (Å²) in [5.41, 5.74) is 1.36. The van der Waals surface area contributed by atoms with E-state index in [1.54, 1.807) is 19.1 Å². The van der Waals surface area contributed by atoms with Crippen LogP contribution in [0, 0.1) is 5.92 Å². The van der Waals surface area contributed by atoms with E-state index in [1.807, 2.05) is 0 Å². The molecule has 0 aromatic heterocycles. The first kappa shape index (κ1) is 15.8. The summed E-state index contributed by atoms with van der Waals surface area (Å²) in [7, 11) is 0. The quantitative estimate of drug-likeness (QED) is 0.679. The van der Waals surface area contributed by atoms with Crippen molar-refractivity contribution < 1.29 is 24.2 Å². The predicted molar refractivity (Wildman–Crippen MR) is 83.0 cm³/mol. The van der Waals surface area contributed by atoms with Gasteiger partial charge >= 0.3 is 12.1 Å². The van der Waals surface area contributed by atoms with Crippen LogP contribution in [0.3, 0.4) is 0 Å². The maximum atomic E-state index is 12.3. The van der Waals surface area contributed by atoms with Gasteiger partial charge in [-0.25, -0.2) is 9.59 Å². The van der Waals surface area contributed by atoms with Gasteiger partial charge in [0.1, 0.15) is 5.75 Å². The number of carbonyl (C=O) groups is 2. The largest absolute Gasteiger partial charge is 0.511 e. The normalized spacial score (nSPS) is 25.9. The van der Waals surface area contributed by atoms with Crippen LogP contribution in [0.4, 0.5) is 4.79 Å². The van der Waals surface area contributed by atoms with Crippen LogP contribution < -0.4 is 4.74 Å². The monoisotopic (exact) mass is 319 g/mol. The Kier molecular flexibility index (Phi) is 4.52. The van der Waals surface area contributed by atoms with E-state index in [1.165, 1.54) is 6.07 Å². The zero-order chi connectivity index (χ0) is 16.4. The number of nitrogens with zero attached hydrogens (tertiary/aromatic N) is 1. The Balaban J connectivity index is 1.96. The first-order valence-corrected chi connectivity index (χ1v) is 8.02. The van der Waals surface area contributed by atoms with E-state index in [-0.39, 0.29) is 17.6 Å². The van der Waals surface area contributed by atoms with Crippen molar-refractivity contribution in [3.05, 3.63) is 29.3 Å². The molecule has 1 N–H and O–H groups in total. The molecule has 3 heterocycles. The van der Waals surface area contributed by atoms with Crippen molar-refractivity contribution in [2.45, 2.75) is 25.7 Å². The molecule has 0 radical (unpaired) electrons. The van der Waals surface area contributed by atoms with Crippen LogP contribution >= 0.6 is 0 Å². The number of benzene rings is 1. The third-order valence-electron chi connectivity index (χ3n) is 4.78. The minimum absolute atomic E-state index is 0.217. The third-order valence-corrected chi connectivity index (χ3v) is 4.78. The van der Waals surface area contributed by atoms with Crippen molar-refractivity contribution in [1.29, 1.82) is 0 Å². The highest BCUT2D eigenvalue weighted by Gasteiger charge is 2.37. The van der Waals surface area contributed by atoms with Crippen LogP contribution in [0.5, 0.6) is 5.75 Å². The second-order valence-corrected chi connectivity index (χ2v) is 6.08. The van der Waals surface area contributed by atoms with Crippen molar-refractivity contribution in [1.82, 2.24) is 4.90 Å². The Bertz CT molecular complexity index is 607. The molecular weight excluding hydrogens is 298 g/mol. The molecule has 0 saturated carbocycles. The van der Waals surface area contributed by atoms with Gasteiger partial charge in [0.05, 0.1) is 12.2 Å². The molecule has 3 aliphatic heterocycles. The fraction of sp³-hybridized carbons (Fsp3) is 0.529. The number of piperidine rings is 3. The number of hydrogen-bond donors (Lipinski definition) is 1. The van der Waals surface area contributed by atoms with Gasteiger partial charge in [0.25, 0.3) is 0 Å². The first-order chi connectivity index (χ1) is 11.1. The number of hydrogen-bond acceptors (Lipinski definition) is 5. The maximum Gasteiger partial charge on any atom is 0.511 e. The van der Waals surface area contributed by atoms with Gasteiger partial charge in [-0.1, -0.05) is 0 Å². The second-order valence-electron chi connectivity index (χ2n) is 6.08. The van der Waals surface area contributed by atoms with Gasteiger partial charge in [0, 0.05) is 12.5 Å². The maximum absolute atomic E-state index is 12.3. The Morgan fingerprint density at radius 2 is 2.04 bits per heavy atom. The average molecular weight is 319 g/mol. The second kappa shape index (κ2) is 6.58. The van der Waals surface area contributed by atoms with Crippen molar-refractivity contribution in [2.24, 2.45) is 5.92 Å².